The number of rotatable bonds is 4. The topological polar surface area (TPSA) is 38.7 Å². The van der Waals surface area contributed by atoms with Crippen molar-refractivity contribution in [1.29, 1.82) is 0 Å². The number of nitrogens with zero attached hydrogens (tertiary/aromatic N) is 3. The molecule has 28 heavy (non-hydrogen) atoms. The minimum absolute atomic E-state index is 0. The predicted octanol–water partition coefficient (Wildman–Crippen LogP) is 6.20. The van der Waals surface area contributed by atoms with Gasteiger partial charge >= 0.3 is 0 Å². The van der Waals surface area contributed by atoms with E-state index in [2.05, 4.69) is 45.7 Å². The largest absolute Gasteiger partial charge is 0.319 e. The molecule has 1 radical (unpaired) electrons. The zero-order valence-corrected chi connectivity index (χ0v) is 20.2. The molecular formula is C21H18IrN3S3-. The second kappa shape index (κ2) is 12.1. The number of hydrogen-bond donors (Lipinski definition) is 0. The summed E-state index contributed by atoms with van der Waals surface area (Å²) in [4.78, 5) is 16.4. The standard InChI is InChI=1S/C12H12N2S2.C9H6NS.Ir/c1-15-9-3-5-13-11(7-9)12-8-10(16-2)4-6-14-12;1-2-6-10-8(4-1)9-5-3-7-11-9;/h3-8H,1-2H3;1-4,6-7H;/q;-1;. The summed E-state index contributed by atoms with van der Waals surface area (Å²) in [6.07, 6.45) is 9.57. The summed E-state index contributed by atoms with van der Waals surface area (Å²) in [5.41, 5.74) is 2.87. The van der Waals surface area contributed by atoms with Gasteiger partial charge in [-0.1, -0.05) is 17.0 Å². The summed E-state index contributed by atoms with van der Waals surface area (Å²) in [5, 5.41) is 2.00. The summed E-state index contributed by atoms with van der Waals surface area (Å²) in [5.74, 6) is 0. The summed E-state index contributed by atoms with van der Waals surface area (Å²) in [6, 6.07) is 19.1. The Labute approximate surface area is 191 Å². The van der Waals surface area contributed by atoms with Gasteiger partial charge in [-0.25, -0.2) is 11.3 Å². The van der Waals surface area contributed by atoms with Gasteiger partial charge in [0.15, 0.2) is 0 Å². The van der Waals surface area contributed by atoms with Crippen LogP contribution in [0.25, 0.3) is 22.0 Å². The van der Waals surface area contributed by atoms with Crippen LogP contribution in [0.4, 0.5) is 0 Å². The van der Waals surface area contributed by atoms with E-state index < -0.39 is 0 Å². The molecule has 0 unspecified atom stereocenters. The summed E-state index contributed by atoms with van der Waals surface area (Å²) in [6.45, 7) is 0. The molecule has 0 saturated carbocycles. The maximum absolute atomic E-state index is 4.35. The molecular weight excluding hydrogens is 583 g/mol. The van der Waals surface area contributed by atoms with Crippen LogP contribution in [0.5, 0.6) is 0 Å². The van der Waals surface area contributed by atoms with Crippen molar-refractivity contribution in [2.24, 2.45) is 0 Å². The van der Waals surface area contributed by atoms with Gasteiger partial charge in [-0.3, -0.25) is 9.97 Å². The van der Waals surface area contributed by atoms with E-state index >= 15 is 0 Å². The van der Waals surface area contributed by atoms with Crippen LogP contribution in [0.3, 0.4) is 0 Å². The Kier molecular flexibility index (Phi) is 9.88. The van der Waals surface area contributed by atoms with E-state index in [0.29, 0.717) is 0 Å². The van der Waals surface area contributed by atoms with Gasteiger partial charge in [-0.05, 0) is 48.5 Å². The SMILES string of the molecule is CSc1ccnc(-c2cc(SC)ccn2)c1.[Ir].[c-]1ccsc1-c1ccccn1. The van der Waals surface area contributed by atoms with E-state index in [1.165, 1.54) is 9.79 Å². The van der Waals surface area contributed by atoms with Gasteiger partial charge in [-0.15, -0.1) is 28.9 Å². The Morgan fingerprint density at radius 3 is 1.86 bits per heavy atom. The molecule has 0 N–H and O–H groups in total. The fourth-order valence-electron chi connectivity index (χ4n) is 2.23. The third-order valence-corrected chi connectivity index (χ3v) is 5.85. The van der Waals surface area contributed by atoms with Crippen molar-refractivity contribution in [2.75, 3.05) is 12.5 Å². The fourth-order valence-corrected chi connectivity index (χ4v) is 3.74. The van der Waals surface area contributed by atoms with Gasteiger partial charge in [-0.2, -0.15) is 12.1 Å². The minimum atomic E-state index is 0. The van der Waals surface area contributed by atoms with Crippen LogP contribution < -0.4 is 0 Å². The Morgan fingerprint density at radius 2 is 1.39 bits per heavy atom. The van der Waals surface area contributed by atoms with E-state index in [1.807, 2.05) is 54.2 Å². The van der Waals surface area contributed by atoms with E-state index in [1.54, 1.807) is 41.1 Å². The maximum atomic E-state index is 4.35. The molecule has 0 aromatic carbocycles. The Morgan fingerprint density at radius 1 is 0.786 bits per heavy atom. The average Bonchev–Trinajstić information content (AvgIpc) is 3.30. The smallest absolute Gasteiger partial charge is 0.0897 e. The molecule has 0 aliphatic rings. The van der Waals surface area contributed by atoms with Gasteiger partial charge in [0, 0.05) is 48.5 Å². The van der Waals surface area contributed by atoms with E-state index in [4.69, 9.17) is 0 Å². The van der Waals surface area contributed by atoms with Crippen molar-refractivity contribution in [3.05, 3.63) is 78.6 Å². The van der Waals surface area contributed by atoms with E-state index in [9.17, 15) is 0 Å². The molecule has 0 amide bonds. The molecule has 4 rings (SSSR count). The van der Waals surface area contributed by atoms with Crippen molar-refractivity contribution in [1.82, 2.24) is 15.0 Å². The molecule has 3 nitrogen and oxygen atoms in total. The molecule has 7 heteroatoms. The van der Waals surface area contributed by atoms with Gasteiger partial charge in [0.25, 0.3) is 0 Å². The van der Waals surface area contributed by atoms with Crippen molar-refractivity contribution in [3.63, 3.8) is 0 Å². The van der Waals surface area contributed by atoms with Crippen molar-refractivity contribution >= 4 is 34.9 Å². The third-order valence-electron chi connectivity index (χ3n) is 3.56. The first-order valence-corrected chi connectivity index (χ1v) is 11.5. The molecule has 4 heterocycles. The molecule has 0 saturated heterocycles. The summed E-state index contributed by atoms with van der Waals surface area (Å²) in [7, 11) is 0. The number of thiophene rings is 1. The van der Waals surface area contributed by atoms with Gasteiger partial charge in [0.05, 0.1) is 11.4 Å². The Bertz CT molecular complexity index is 918. The third kappa shape index (κ3) is 6.54. The maximum Gasteiger partial charge on any atom is 0.0897 e. The molecule has 0 bridgehead atoms. The average molecular weight is 601 g/mol. The molecule has 4 aromatic rings. The number of pyridine rings is 3. The number of hydrogen-bond acceptors (Lipinski definition) is 6. The van der Waals surface area contributed by atoms with Crippen molar-refractivity contribution < 1.29 is 20.1 Å². The van der Waals surface area contributed by atoms with Crippen LogP contribution in [-0.4, -0.2) is 27.5 Å². The quantitative estimate of drug-likeness (QED) is 0.206. The second-order valence-electron chi connectivity index (χ2n) is 5.27. The van der Waals surface area contributed by atoms with Crippen molar-refractivity contribution in [3.8, 4) is 22.0 Å². The first kappa shape index (κ1) is 22.8. The fraction of sp³-hybridized carbons (Fsp3) is 0.0952. The normalized spacial score (nSPS) is 9.79. The van der Waals surface area contributed by atoms with E-state index in [0.717, 1.165) is 22.0 Å². The molecule has 0 aliphatic carbocycles. The Hall–Kier alpha value is -1.50. The second-order valence-corrected chi connectivity index (χ2v) is 7.95. The molecule has 145 valence electrons. The Balaban J connectivity index is 0.000000205. The first-order valence-electron chi connectivity index (χ1n) is 8.17. The van der Waals surface area contributed by atoms with E-state index in [-0.39, 0.29) is 20.1 Å². The zero-order valence-electron chi connectivity index (χ0n) is 15.3. The van der Waals surface area contributed by atoms with Crippen molar-refractivity contribution in [2.45, 2.75) is 9.79 Å². The van der Waals surface area contributed by atoms with Gasteiger partial charge in [0.2, 0.25) is 0 Å². The van der Waals surface area contributed by atoms with Crippen LogP contribution in [0.1, 0.15) is 0 Å². The molecule has 4 aromatic heterocycles. The minimum Gasteiger partial charge on any atom is -0.319 e. The van der Waals surface area contributed by atoms with Crippen LogP contribution in [0.15, 0.2) is 82.3 Å². The monoisotopic (exact) mass is 601 g/mol. The first-order chi connectivity index (χ1) is 13.3. The summed E-state index contributed by atoms with van der Waals surface area (Å²) < 4.78 is 0. The summed E-state index contributed by atoms with van der Waals surface area (Å²) >= 11 is 5.09. The molecule has 0 aliphatic heterocycles. The van der Waals surface area contributed by atoms with Crippen LogP contribution in [-0.2, 0) is 20.1 Å². The van der Waals surface area contributed by atoms with Crippen LogP contribution >= 0.6 is 34.9 Å². The van der Waals surface area contributed by atoms with Crippen LogP contribution in [0, 0.1) is 6.07 Å². The van der Waals surface area contributed by atoms with Gasteiger partial charge < -0.3 is 4.98 Å². The molecule has 0 atom stereocenters. The predicted molar refractivity (Wildman–Crippen MR) is 117 cm³/mol. The number of thioether (sulfide) groups is 2. The molecule has 0 spiro atoms. The number of aromatic nitrogens is 3. The van der Waals surface area contributed by atoms with Crippen LogP contribution in [0.2, 0.25) is 0 Å². The molecule has 0 fully saturated rings. The van der Waals surface area contributed by atoms with Gasteiger partial charge in [0.1, 0.15) is 0 Å². The zero-order chi connectivity index (χ0) is 18.9.